The molecule has 1 aliphatic carbocycles. The number of nitrogens with one attached hydrogen (secondary N) is 1. The van der Waals surface area contributed by atoms with Gasteiger partial charge in [0.1, 0.15) is 0 Å². The molecule has 2 aromatic heterocycles. The van der Waals surface area contributed by atoms with E-state index in [1.165, 1.54) is 17.5 Å². The van der Waals surface area contributed by atoms with E-state index < -0.39 is 0 Å². The van der Waals surface area contributed by atoms with E-state index in [0.717, 1.165) is 18.5 Å². The molecule has 0 aromatic carbocycles. The zero-order valence-corrected chi connectivity index (χ0v) is 11.0. The van der Waals surface area contributed by atoms with E-state index in [9.17, 15) is 4.79 Å². The molecule has 0 spiro atoms. The molecule has 4 nitrogen and oxygen atoms in total. The number of fused-ring (bicyclic) bond motifs is 1. The third-order valence-corrected chi connectivity index (χ3v) is 4.21. The molecule has 0 radical (unpaired) electrons. The van der Waals surface area contributed by atoms with Crippen molar-refractivity contribution in [2.24, 2.45) is 0 Å². The first kappa shape index (κ1) is 11.6. The first-order valence-corrected chi connectivity index (χ1v) is 6.83. The number of anilines is 1. The van der Waals surface area contributed by atoms with Gasteiger partial charge in [-0.15, -0.1) is 11.3 Å². The highest BCUT2D eigenvalue weighted by Crippen LogP contribution is 2.30. The molecular weight excluding hydrogens is 270 g/mol. The maximum Gasteiger partial charge on any atom is 0.259 e. The largest absolute Gasteiger partial charge is 0.298 e. The highest BCUT2D eigenvalue weighted by Gasteiger charge is 2.18. The van der Waals surface area contributed by atoms with Crippen molar-refractivity contribution in [3.8, 4) is 0 Å². The summed E-state index contributed by atoms with van der Waals surface area (Å²) < 4.78 is 0. The topological polar surface area (TPSA) is 54.9 Å². The van der Waals surface area contributed by atoms with Gasteiger partial charge in [0.2, 0.25) is 0 Å². The van der Waals surface area contributed by atoms with E-state index in [2.05, 4.69) is 15.3 Å². The van der Waals surface area contributed by atoms with Gasteiger partial charge in [-0.25, -0.2) is 4.98 Å². The summed E-state index contributed by atoms with van der Waals surface area (Å²) in [5, 5.41) is 3.78. The fourth-order valence-corrected chi connectivity index (χ4v) is 3.22. The minimum absolute atomic E-state index is 0.241. The monoisotopic (exact) mass is 279 g/mol. The Hall–Kier alpha value is -1.46. The van der Waals surface area contributed by atoms with E-state index in [1.54, 1.807) is 23.6 Å². The van der Waals surface area contributed by atoms with Crippen molar-refractivity contribution in [1.82, 2.24) is 9.97 Å². The standard InChI is InChI=1S/C12H10ClN3OS/c13-8-6-14-5-4-7(8)11(17)16-12-15-9-2-1-3-10(9)18-12/h4-6H,1-3H2,(H,15,16,17). The predicted molar refractivity (Wildman–Crippen MR) is 71.3 cm³/mol. The molecule has 6 heteroatoms. The lowest BCUT2D eigenvalue weighted by molar-refractivity contribution is 0.102. The van der Waals surface area contributed by atoms with Gasteiger partial charge in [0, 0.05) is 17.3 Å². The Labute approximate surface area is 113 Å². The number of pyridine rings is 1. The predicted octanol–water partition coefficient (Wildman–Crippen LogP) is 2.93. The van der Waals surface area contributed by atoms with E-state index >= 15 is 0 Å². The van der Waals surface area contributed by atoms with Gasteiger partial charge < -0.3 is 0 Å². The molecule has 0 saturated heterocycles. The summed E-state index contributed by atoms with van der Waals surface area (Å²) >= 11 is 7.47. The zero-order valence-electron chi connectivity index (χ0n) is 9.44. The molecule has 0 bridgehead atoms. The smallest absolute Gasteiger partial charge is 0.259 e. The number of hydrogen-bond donors (Lipinski definition) is 1. The summed E-state index contributed by atoms with van der Waals surface area (Å²) in [6.07, 6.45) is 6.25. The quantitative estimate of drug-likeness (QED) is 0.919. The molecule has 92 valence electrons. The second kappa shape index (κ2) is 4.66. The van der Waals surface area contributed by atoms with Crippen LogP contribution in [0.2, 0.25) is 5.02 Å². The average molecular weight is 280 g/mol. The average Bonchev–Trinajstić information content (AvgIpc) is 2.90. The number of aromatic nitrogens is 2. The summed E-state index contributed by atoms with van der Waals surface area (Å²) in [6.45, 7) is 0. The van der Waals surface area contributed by atoms with Crippen molar-refractivity contribution in [1.29, 1.82) is 0 Å². The minimum Gasteiger partial charge on any atom is -0.298 e. The van der Waals surface area contributed by atoms with Crippen LogP contribution in [0.5, 0.6) is 0 Å². The molecule has 2 aromatic rings. The van der Waals surface area contributed by atoms with E-state index in [-0.39, 0.29) is 5.91 Å². The molecule has 0 saturated carbocycles. The summed E-state index contributed by atoms with van der Waals surface area (Å²) in [6, 6.07) is 1.60. The Balaban J connectivity index is 1.80. The number of nitrogens with zero attached hydrogens (tertiary/aromatic N) is 2. The summed E-state index contributed by atoms with van der Waals surface area (Å²) in [7, 11) is 0. The number of carbonyl (C=O) groups excluding carboxylic acids is 1. The number of rotatable bonds is 2. The van der Waals surface area contributed by atoms with Crippen LogP contribution in [0.25, 0.3) is 0 Å². The second-order valence-electron chi connectivity index (χ2n) is 4.05. The molecule has 0 atom stereocenters. The Bertz CT molecular complexity index is 590. The maximum absolute atomic E-state index is 12.0. The molecule has 0 unspecified atom stereocenters. The first-order valence-electron chi connectivity index (χ1n) is 5.63. The van der Waals surface area contributed by atoms with Crippen molar-refractivity contribution >= 4 is 34.0 Å². The molecule has 3 rings (SSSR count). The third kappa shape index (κ3) is 2.11. The fourth-order valence-electron chi connectivity index (χ4n) is 1.97. The second-order valence-corrected chi connectivity index (χ2v) is 5.54. The highest BCUT2D eigenvalue weighted by molar-refractivity contribution is 7.16. The Morgan fingerprint density at radius 2 is 2.33 bits per heavy atom. The molecular formula is C12H10ClN3OS. The molecule has 18 heavy (non-hydrogen) atoms. The minimum atomic E-state index is -0.241. The number of hydrogen-bond acceptors (Lipinski definition) is 4. The van der Waals surface area contributed by atoms with E-state index in [0.29, 0.717) is 15.7 Å². The SMILES string of the molecule is O=C(Nc1nc2c(s1)CCC2)c1ccncc1Cl. The number of carbonyl (C=O) groups is 1. The zero-order chi connectivity index (χ0) is 12.5. The Kier molecular flexibility index (Phi) is 3.01. The van der Waals surface area contributed by atoms with Crippen molar-refractivity contribution in [2.45, 2.75) is 19.3 Å². The van der Waals surface area contributed by atoms with Gasteiger partial charge in [0.25, 0.3) is 5.91 Å². The van der Waals surface area contributed by atoms with Crippen LogP contribution >= 0.6 is 22.9 Å². The van der Waals surface area contributed by atoms with Gasteiger partial charge in [-0.3, -0.25) is 15.1 Å². The lowest BCUT2D eigenvalue weighted by atomic mass is 10.2. The van der Waals surface area contributed by atoms with Crippen LogP contribution in [-0.2, 0) is 12.8 Å². The fraction of sp³-hybridized carbons (Fsp3) is 0.250. The van der Waals surface area contributed by atoms with Crippen LogP contribution in [0.3, 0.4) is 0 Å². The first-order chi connectivity index (χ1) is 8.74. The molecule has 2 heterocycles. The van der Waals surface area contributed by atoms with E-state index in [1.807, 2.05) is 0 Å². The maximum atomic E-state index is 12.0. The highest BCUT2D eigenvalue weighted by atomic mass is 35.5. The van der Waals surface area contributed by atoms with Crippen molar-refractivity contribution < 1.29 is 4.79 Å². The summed E-state index contributed by atoms with van der Waals surface area (Å²) in [4.78, 5) is 21.6. The molecule has 1 aliphatic rings. The van der Waals surface area contributed by atoms with Crippen LogP contribution in [0.1, 0.15) is 27.3 Å². The molecule has 0 fully saturated rings. The van der Waals surface area contributed by atoms with Gasteiger partial charge >= 0.3 is 0 Å². The van der Waals surface area contributed by atoms with Crippen LogP contribution in [0, 0.1) is 0 Å². The van der Waals surface area contributed by atoms with Gasteiger partial charge in [-0.1, -0.05) is 11.6 Å². The van der Waals surface area contributed by atoms with Gasteiger partial charge in [0.15, 0.2) is 5.13 Å². The van der Waals surface area contributed by atoms with Crippen LogP contribution in [0.4, 0.5) is 5.13 Å². The number of aryl methyl sites for hydroxylation is 2. The number of halogens is 1. The third-order valence-electron chi connectivity index (χ3n) is 2.83. The molecule has 0 aliphatic heterocycles. The summed E-state index contributed by atoms with van der Waals surface area (Å²) in [5.41, 5.74) is 1.54. The van der Waals surface area contributed by atoms with Gasteiger partial charge in [-0.2, -0.15) is 0 Å². The van der Waals surface area contributed by atoms with Gasteiger partial charge in [0.05, 0.1) is 16.3 Å². The molecule has 1 amide bonds. The van der Waals surface area contributed by atoms with E-state index in [4.69, 9.17) is 11.6 Å². The van der Waals surface area contributed by atoms with Crippen LogP contribution < -0.4 is 5.32 Å². The molecule has 1 N–H and O–H groups in total. The van der Waals surface area contributed by atoms with Crippen molar-refractivity contribution in [3.63, 3.8) is 0 Å². The number of amides is 1. The number of thiazole rings is 1. The lowest BCUT2D eigenvalue weighted by Gasteiger charge is -2.03. The Morgan fingerprint density at radius 3 is 3.11 bits per heavy atom. The van der Waals surface area contributed by atoms with Crippen LogP contribution in [-0.4, -0.2) is 15.9 Å². The van der Waals surface area contributed by atoms with Gasteiger partial charge in [-0.05, 0) is 25.3 Å². The summed E-state index contributed by atoms with van der Waals surface area (Å²) in [5.74, 6) is -0.241. The Morgan fingerprint density at radius 1 is 1.44 bits per heavy atom. The lowest BCUT2D eigenvalue weighted by Crippen LogP contribution is -2.12. The van der Waals surface area contributed by atoms with Crippen molar-refractivity contribution in [3.05, 3.63) is 39.6 Å². The van der Waals surface area contributed by atoms with Crippen molar-refractivity contribution in [2.75, 3.05) is 5.32 Å². The normalized spacial score (nSPS) is 13.4. The van der Waals surface area contributed by atoms with Crippen LogP contribution in [0.15, 0.2) is 18.5 Å².